The Hall–Kier alpha value is -2.27. The third-order valence-corrected chi connectivity index (χ3v) is 8.68. The SMILES string of the molecule is C[C@@]12/C=C\CCCCOC(=O)[C@@H]1[C@H]1C(=O)N(CCCCO)C3C(=O)N(CCN4CCOCC4)CC=C[C@@]31O2. The molecule has 5 heterocycles. The molecule has 0 aromatic carbocycles. The smallest absolute Gasteiger partial charge is 0.313 e. The zero-order valence-electron chi connectivity index (χ0n) is 22.4. The lowest BCUT2D eigenvalue weighted by atomic mass is 9.74. The molecular weight excluding hydrogens is 490 g/mol. The minimum absolute atomic E-state index is 0.00904. The fourth-order valence-corrected chi connectivity index (χ4v) is 6.77. The molecule has 0 radical (unpaired) electrons. The summed E-state index contributed by atoms with van der Waals surface area (Å²) < 4.78 is 17.9. The highest BCUT2D eigenvalue weighted by molar-refractivity contribution is 5.99. The fourth-order valence-electron chi connectivity index (χ4n) is 6.77. The largest absolute Gasteiger partial charge is 0.465 e. The molecule has 38 heavy (non-hydrogen) atoms. The van der Waals surface area contributed by atoms with Crippen molar-refractivity contribution in [1.29, 1.82) is 0 Å². The number of hydrogen-bond donors (Lipinski definition) is 1. The fraction of sp³-hybridized carbons (Fsp3) is 0.750. The predicted molar refractivity (Wildman–Crippen MR) is 138 cm³/mol. The van der Waals surface area contributed by atoms with Gasteiger partial charge >= 0.3 is 5.97 Å². The average molecular weight is 532 g/mol. The van der Waals surface area contributed by atoms with E-state index in [4.69, 9.17) is 14.2 Å². The van der Waals surface area contributed by atoms with Crippen molar-refractivity contribution in [2.45, 2.75) is 56.3 Å². The lowest BCUT2D eigenvalue weighted by molar-refractivity contribution is -0.160. The lowest BCUT2D eigenvalue weighted by Gasteiger charge is -2.38. The van der Waals surface area contributed by atoms with Crippen LogP contribution in [0.1, 0.15) is 39.0 Å². The van der Waals surface area contributed by atoms with Crippen LogP contribution in [0.15, 0.2) is 24.3 Å². The number of allylic oxidation sites excluding steroid dienone is 1. The van der Waals surface area contributed by atoms with Gasteiger partial charge < -0.3 is 29.1 Å². The number of fused-ring (bicyclic) bond motifs is 2. The molecule has 5 rings (SSSR count). The first-order valence-electron chi connectivity index (χ1n) is 14.1. The van der Waals surface area contributed by atoms with Crippen LogP contribution >= 0.6 is 0 Å². The number of likely N-dealkylation sites (tertiary alicyclic amines) is 1. The predicted octanol–water partition coefficient (Wildman–Crippen LogP) is 0.744. The van der Waals surface area contributed by atoms with E-state index in [1.165, 1.54) is 0 Å². The molecule has 210 valence electrons. The number of nitrogens with zero attached hydrogens (tertiary/aromatic N) is 3. The molecule has 0 aliphatic carbocycles. The zero-order chi connectivity index (χ0) is 26.8. The van der Waals surface area contributed by atoms with E-state index in [1.807, 2.05) is 31.2 Å². The summed E-state index contributed by atoms with van der Waals surface area (Å²) in [5.74, 6) is -2.57. The third kappa shape index (κ3) is 4.92. The van der Waals surface area contributed by atoms with Crippen LogP contribution in [0.25, 0.3) is 0 Å². The Morgan fingerprint density at radius 1 is 0.947 bits per heavy atom. The molecule has 0 aromatic heterocycles. The van der Waals surface area contributed by atoms with E-state index >= 15 is 0 Å². The summed E-state index contributed by atoms with van der Waals surface area (Å²) in [6.45, 7) is 7.17. The molecule has 10 nitrogen and oxygen atoms in total. The van der Waals surface area contributed by atoms with Gasteiger partial charge in [-0.15, -0.1) is 0 Å². The summed E-state index contributed by atoms with van der Waals surface area (Å²) in [7, 11) is 0. The highest BCUT2D eigenvalue weighted by Gasteiger charge is 2.74. The van der Waals surface area contributed by atoms with Crippen molar-refractivity contribution in [3.05, 3.63) is 24.3 Å². The van der Waals surface area contributed by atoms with E-state index in [9.17, 15) is 19.5 Å². The van der Waals surface area contributed by atoms with Crippen molar-refractivity contribution in [3.8, 4) is 0 Å². The van der Waals surface area contributed by atoms with Gasteiger partial charge in [-0.1, -0.05) is 24.3 Å². The lowest BCUT2D eigenvalue weighted by Crippen LogP contribution is -2.56. The second-order valence-electron chi connectivity index (χ2n) is 11.2. The van der Waals surface area contributed by atoms with E-state index in [-0.39, 0.29) is 18.4 Å². The van der Waals surface area contributed by atoms with Crippen LogP contribution in [-0.4, -0.2) is 121 Å². The molecule has 1 unspecified atom stereocenters. The monoisotopic (exact) mass is 531 g/mol. The van der Waals surface area contributed by atoms with Gasteiger partial charge in [-0.3, -0.25) is 19.3 Å². The summed E-state index contributed by atoms with van der Waals surface area (Å²) in [6, 6.07) is -0.877. The molecule has 3 saturated heterocycles. The van der Waals surface area contributed by atoms with Gasteiger partial charge in [0, 0.05) is 45.9 Å². The number of carbonyl (C=O) groups excluding carboxylic acids is 3. The maximum Gasteiger partial charge on any atom is 0.313 e. The zero-order valence-corrected chi connectivity index (χ0v) is 22.4. The second kappa shape index (κ2) is 11.5. The molecule has 5 aliphatic rings. The molecule has 0 aromatic rings. The summed E-state index contributed by atoms with van der Waals surface area (Å²) in [6.07, 6.45) is 11.3. The maximum absolute atomic E-state index is 14.2. The molecule has 1 N–H and O–H groups in total. The molecular formula is C28H41N3O7. The Bertz CT molecular complexity index is 964. The van der Waals surface area contributed by atoms with Gasteiger partial charge in [-0.2, -0.15) is 0 Å². The first kappa shape index (κ1) is 27.3. The summed E-state index contributed by atoms with van der Waals surface area (Å²) in [5.41, 5.74) is -2.34. The number of aliphatic hydroxyl groups excluding tert-OH is 1. The highest BCUT2D eigenvalue weighted by Crippen LogP contribution is 2.57. The van der Waals surface area contributed by atoms with E-state index < -0.39 is 35.0 Å². The second-order valence-corrected chi connectivity index (χ2v) is 11.2. The number of unbranched alkanes of at least 4 members (excludes halogenated alkanes) is 1. The van der Waals surface area contributed by atoms with Crippen LogP contribution in [0, 0.1) is 11.8 Å². The van der Waals surface area contributed by atoms with E-state index in [0.29, 0.717) is 52.3 Å². The van der Waals surface area contributed by atoms with E-state index in [1.54, 1.807) is 9.80 Å². The molecule has 1 spiro atoms. The number of morpholine rings is 1. The topological polar surface area (TPSA) is 109 Å². The van der Waals surface area contributed by atoms with Crippen LogP contribution in [0.3, 0.4) is 0 Å². The van der Waals surface area contributed by atoms with Crippen molar-refractivity contribution in [3.63, 3.8) is 0 Å². The number of esters is 1. The molecule has 0 saturated carbocycles. The normalized spacial score (nSPS) is 36.9. The van der Waals surface area contributed by atoms with Gasteiger partial charge in [0.2, 0.25) is 11.8 Å². The van der Waals surface area contributed by atoms with Gasteiger partial charge in [0.15, 0.2) is 0 Å². The van der Waals surface area contributed by atoms with Crippen LogP contribution in [0.5, 0.6) is 0 Å². The number of hydrogen-bond acceptors (Lipinski definition) is 8. The van der Waals surface area contributed by atoms with Crippen molar-refractivity contribution in [2.24, 2.45) is 11.8 Å². The van der Waals surface area contributed by atoms with Gasteiger partial charge in [0.25, 0.3) is 0 Å². The van der Waals surface area contributed by atoms with Gasteiger partial charge in [-0.25, -0.2) is 0 Å². The molecule has 0 bridgehead atoms. The van der Waals surface area contributed by atoms with E-state index in [2.05, 4.69) is 4.90 Å². The average Bonchev–Trinajstić information content (AvgIpc) is 3.23. The Morgan fingerprint density at radius 3 is 2.55 bits per heavy atom. The number of carbonyl (C=O) groups is 3. The Balaban J connectivity index is 1.49. The Labute approximate surface area is 224 Å². The minimum Gasteiger partial charge on any atom is -0.465 e. The van der Waals surface area contributed by atoms with Crippen molar-refractivity contribution in [2.75, 3.05) is 65.7 Å². The van der Waals surface area contributed by atoms with Crippen molar-refractivity contribution >= 4 is 17.8 Å². The molecule has 2 amide bonds. The van der Waals surface area contributed by atoms with E-state index in [0.717, 1.165) is 38.9 Å². The Kier molecular flexibility index (Phi) is 8.23. The third-order valence-electron chi connectivity index (χ3n) is 8.68. The number of rotatable bonds is 7. The van der Waals surface area contributed by atoms with Gasteiger partial charge in [0.05, 0.1) is 31.3 Å². The highest BCUT2D eigenvalue weighted by atomic mass is 16.6. The maximum atomic E-state index is 14.2. The molecule has 5 atom stereocenters. The first-order valence-corrected chi connectivity index (χ1v) is 14.1. The Morgan fingerprint density at radius 2 is 1.76 bits per heavy atom. The van der Waals surface area contributed by atoms with Crippen LogP contribution < -0.4 is 0 Å². The van der Waals surface area contributed by atoms with Crippen molar-refractivity contribution < 1.29 is 33.7 Å². The standard InChI is InChI=1S/C28H41N3O7/c1-27-9-4-2-3-7-18-37-26(35)22(27)21-24(33)31(12-5-6-17-32)23-25(34)30(11-8-10-28(21,23)38-27)14-13-29-15-19-36-20-16-29/h4,8-10,21-23,32H,2-3,5-7,11-20H2,1H3/b9-4-/t21-,22-,23?,27+,28-/m0/s1. The van der Waals surface area contributed by atoms with Crippen LogP contribution in [0.2, 0.25) is 0 Å². The van der Waals surface area contributed by atoms with Gasteiger partial charge in [-0.05, 0) is 39.0 Å². The van der Waals surface area contributed by atoms with Crippen molar-refractivity contribution in [1.82, 2.24) is 14.7 Å². The summed E-state index contributed by atoms with van der Waals surface area (Å²) >= 11 is 0. The molecule has 5 aliphatic heterocycles. The molecule has 10 heteroatoms. The number of cyclic esters (lactones) is 1. The number of amides is 2. The van der Waals surface area contributed by atoms with Gasteiger partial charge in [0.1, 0.15) is 17.6 Å². The summed E-state index contributed by atoms with van der Waals surface area (Å²) in [5, 5.41) is 9.36. The van der Waals surface area contributed by atoms with Crippen LogP contribution in [0.4, 0.5) is 0 Å². The number of aliphatic hydroxyl groups is 1. The first-order chi connectivity index (χ1) is 18.4. The minimum atomic E-state index is -1.27. The molecule has 3 fully saturated rings. The quantitative estimate of drug-likeness (QED) is 0.291. The number of ether oxygens (including phenoxy) is 3. The summed E-state index contributed by atoms with van der Waals surface area (Å²) in [4.78, 5) is 47.5. The van der Waals surface area contributed by atoms with Crippen LogP contribution in [-0.2, 0) is 28.6 Å².